The number of carbonyl (C=O) groups excluding carboxylic acids is 2. The minimum Gasteiger partial charge on any atom is -0.481 e. The second kappa shape index (κ2) is 5.29. The first-order chi connectivity index (χ1) is 7.90. The van der Waals surface area contributed by atoms with Gasteiger partial charge in [0.05, 0.1) is 5.41 Å². The van der Waals surface area contributed by atoms with Crippen LogP contribution in [-0.2, 0) is 14.4 Å². The van der Waals surface area contributed by atoms with Gasteiger partial charge in [-0.05, 0) is 26.2 Å². The summed E-state index contributed by atoms with van der Waals surface area (Å²) in [7, 11) is 0. The first kappa shape index (κ1) is 13.7. The van der Waals surface area contributed by atoms with Crippen molar-refractivity contribution in [3.05, 3.63) is 0 Å². The monoisotopic (exact) mass is 241 g/mol. The van der Waals surface area contributed by atoms with E-state index in [9.17, 15) is 14.4 Å². The van der Waals surface area contributed by atoms with E-state index in [4.69, 9.17) is 5.11 Å². The van der Waals surface area contributed by atoms with Crippen LogP contribution >= 0.6 is 0 Å². The summed E-state index contributed by atoms with van der Waals surface area (Å²) in [6, 6.07) is 0. The summed E-state index contributed by atoms with van der Waals surface area (Å²) < 4.78 is 0. The molecule has 17 heavy (non-hydrogen) atoms. The van der Waals surface area contributed by atoms with Crippen LogP contribution in [0.1, 0.15) is 46.0 Å². The van der Waals surface area contributed by atoms with Crippen LogP contribution in [0.5, 0.6) is 0 Å². The quantitative estimate of drug-likeness (QED) is 0.755. The molecule has 0 aromatic carbocycles. The summed E-state index contributed by atoms with van der Waals surface area (Å²) in [5, 5.41) is 9.16. The molecule has 1 rings (SSSR count). The molecule has 1 unspecified atom stereocenters. The second-order valence-electron chi connectivity index (χ2n) is 4.80. The summed E-state index contributed by atoms with van der Waals surface area (Å²) in [5.74, 6) is -1.45. The number of carbonyl (C=O) groups is 3. The van der Waals surface area contributed by atoms with Crippen molar-refractivity contribution in [2.45, 2.75) is 46.0 Å². The van der Waals surface area contributed by atoms with Crippen molar-refractivity contribution < 1.29 is 19.5 Å². The van der Waals surface area contributed by atoms with Gasteiger partial charge in [0.2, 0.25) is 11.8 Å². The van der Waals surface area contributed by atoms with Crippen molar-refractivity contribution in [2.24, 2.45) is 5.41 Å². The molecule has 0 radical (unpaired) electrons. The fraction of sp³-hybridized carbons (Fsp3) is 0.750. The highest BCUT2D eigenvalue weighted by Crippen LogP contribution is 2.25. The number of hydrogen-bond acceptors (Lipinski definition) is 3. The highest BCUT2D eigenvalue weighted by molar-refractivity contribution is 5.96. The average molecular weight is 241 g/mol. The molecule has 96 valence electrons. The van der Waals surface area contributed by atoms with E-state index in [-0.39, 0.29) is 18.4 Å². The van der Waals surface area contributed by atoms with Gasteiger partial charge in [0.15, 0.2) is 0 Å². The van der Waals surface area contributed by atoms with Gasteiger partial charge in [-0.15, -0.1) is 0 Å². The predicted octanol–water partition coefficient (Wildman–Crippen LogP) is 1.42. The van der Waals surface area contributed by atoms with E-state index in [1.807, 2.05) is 0 Å². The van der Waals surface area contributed by atoms with Gasteiger partial charge in [-0.3, -0.25) is 19.3 Å². The van der Waals surface area contributed by atoms with Crippen LogP contribution in [0.15, 0.2) is 0 Å². The first-order valence-corrected chi connectivity index (χ1v) is 5.97. The van der Waals surface area contributed by atoms with E-state index in [0.717, 1.165) is 4.90 Å². The highest BCUT2D eigenvalue weighted by atomic mass is 16.4. The van der Waals surface area contributed by atoms with Gasteiger partial charge in [-0.1, -0.05) is 6.92 Å². The summed E-state index contributed by atoms with van der Waals surface area (Å²) in [4.78, 5) is 35.8. The molecule has 5 heteroatoms. The van der Waals surface area contributed by atoms with Gasteiger partial charge >= 0.3 is 5.97 Å². The van der Waals surface area contributed by atoms with E-state index in [0.29, 0.717) is 32.1 Å². The lowest BCUT2D eigenvalue weighted by Crippen LogP contribution is -2.45. The van der Waals surface area contributed by atoms with Gasteiger partial charge in [0.1, 0.15) is 0 Å². The molecule has 1 aliphatic rings. The Labute approximate surface area is 101 Å². The van der Waals surface area contributed by atoms with E-state index < -0.39 is 11.4 Å². The molecule has 1 fully saturated rings. The van der Waals surface area contributed by atoms with Gasteiger partial charge in [0.25, 0.3) is 0 Å². The second-order valence-corrected chi connectivity index (χ2v) is 4.80. The third kappa shape index (κ3) is 3.05. The normalized spacial score (nSPS) is 20.9. The maximum Gasteiger partial charge on any atom is 0.311 e. The molecule has 0 spiro atoms. The molecule has 1 atom stereocenters. The van der Waals surface area contributed by atoms with Crippen LogP contribution < -0.4 is 0 Å². The van der Waals surface area contributed by atoms with Crippen LogP contribution in [0.25, 0.3) is 0 Å². The number of likely N-dealkylation sites (tertiary alicyclic amines) is 1. The van der Waals surface area contributed by atoms with Crippen molar-refractivity contribution >= 4 is 17.8 Å². The van der Waals surface area contributed by atoms with Gasteiger partial charge in [-0.25, -0.2) is 0 Å². The standard InChI is InChI=1S/C12H19NO4/c1-3-12(2,11(16)17)8-13-9(14)6-4-5-7-10(13)15/h3-8H2,1-2H3,(H,16,17). The van der Waals surface area contributed by atoms with E-state index in [1.165, 1.54) is 0 Å². The molecule has 0 aromatic rings. The minimum atomic E-state index is -1.05. The van der Waals surface area contributed by atoms with Crippen molar-refractivity contribution in [2.75, 3.05) is 6.54 Å². The molecular formula is C12H19NO4. The number of hydrogen-bond donors (Lipinski definition) is 1. The number of rotatable bonds is 4. The van der Waals surface area contributed by atoms with Crippen LogP contribution in [0.2, 0.25) is 0 Å². The maximum absolute atomic E-state index is 11.8. The van der Waals surface area contributed by atoms with E-state index in [2.05, 4.69) is 0 Å². The Morgan fingerprint density at radius 2 is 1.76 bits per heavy atom. The van der Waals surface area contributed by atoms with Crippen molar-refractivity contribution in [3.8, 4) is 0 Å². The Balaban J connectivity index is 2.86. The molecule has 1 heterocycles. The SMILES string of the molecule is CCC(C)(CN1C(=O)CCCCC1=O)C(=O)O. The fourth-order valence-electron chi connectivity index (χ4n) is 1.82. The molecule has 1 aliphatic heterocycles. The largest absolute Gasteiger partial charge is 0.481 e. The zero-order valence-corrected chi connectivity index (χ0v) is 10.4. The number of aliphatic carboxylic acids is 1. The Morgan fingerprint density at radius 3 is 2.12 bits per heavy atom. The minimum absolute atomic E-state index is 0.0174. The molecule has 0 bridgehead atoms. The highest BCUT2D eigenvalue weighted by Gasteiger charge is 2.37. The molecule has 2 amide bonds. The Morgan fingerprint density at radius 1 is 1.29 bits per heavy atom. The lowest BCUT2D eigenvalue weighted by atomic mass is 9.87. The Hall–Kier alpha value is -1.39. The topological polar surface area (TPSA) is 74.7 Å². The smallest absolute Gasteiger partial charge is 0.311 e. The van der Waals surface area contributed by atoms with Gasteiger partial charge < -0.3 is 5.11 Å². The Kier molecular flexibility index (Phi) is 4.26. The lowest BCUT2D eigenvalue weighted by Gasteiger charge is -2.29. The summed E-state index contributed by atoms with van der Waals surface area (Å²) in [6.07, 6.45) is 2.48. The number of carboxylic acids is 1. The van der Waals surface area contributed by atoms with Crippen LogP contribution in [0.4, 0.5) is 0 Å². The predicted molar refractivity (Wildman–Crippen MR) is 61.2 cm³/mol. The molecule has 0 aromatic heterocycles. The number of imide groups is 1. The Bertz CT molecular complexity index is 321. The van der Waals surface area contributed by atoms with Gasteiger partial charge in [-0.2, -0.15) is 0 Å². The van der Waals surface area contributed by atoms with Crippen LogP contribution in [-0.4, -0.2) is 34.3 Å². The summed E-state index contributed by atoms with van der Waals surface area (Å²) in [5.41, 5.74) is -1.05. The molecule has 0 saturated carbocycles. The zero-order valence-electron chi connectivity index (χ0n) is 10.4. The molecular weight excluding hydrogens is 222 g/mol. The molecule has 1 N–H and O–H groups in total. The number of carboxylic acid groups (broad SMARTS) is 1. The summed E-state index contributed by atoms with van der Waals surface area (Å²) >= 11 is 0. The zero-order chi connectivity index (χ0) is 13.1. The van der Waals surface area contributed by atoms with Crippen molar-refractivity contribution in [1.82, 2.24) is 4.90 Å². The third-order valence-electron chi connectivity index (χ3n) is 3.44. The number of amides is 2. The molecule has 0 aliphatic carbocycles. The number of nitrogens with zero attached hydrogens (tertiary/aromatic N) is 1. The lowest BCUT2D eigenvalue weighted by molar-refractivity contribution is -0.153. The first-order valence-electron chi connectivity index (χ1n) is 5.97. The van der Waals surface area contributed by atoms with E-state index in [1.54, 1.807) is 13.8 Å². The molecule has 5 nitrogen and oxygen atoms in total. The summed E-state index contributed by atoms with van der Waals surface area (Å²) in [6.45, 7) is 3.30. The van der Waals surface area contributed by atoms with Crippen LogP contribution in [0, 0.1) is 5.41 Å². The van der Waals surface area contributed by atoms with Gasteiger partial charge in [0, 0.05) is 19.4 Å². The molecule has 1 saturated heterocycles. The fourth-order valence-corrected chi connectivity index (χ4v) is 1.82. The maximum atomic E-state index is 11.8. The van der Waals surface area contributed by atoms with E-state index >= 15 is 0 Å². The average Bonchev–Trinajstić information content (AvgIpc) is 2.43. The van der Waals surface area contributed by atoms with Crippen molar-refractivity contribution in [1.29, 1.82) is 0 Å². The van der Waals surface area contributed by atoms with Crippen molar-refractivity contribution in [3.63, 3.8) is 0 Å². The third-order valence-corrected chi connectivity index (χ3v) is 3.44. The van der Waals surface area contributed by atoms with Crippen LogP contribution in [0.3, 0.4) is 0 Å².